The Morgan fingerprint density at radius 3 is 2.53 bits per heavy atom. The zero-order valence-electron chi connectivity index (χ0n) is 7.49. The van der Waals surface area contributed by atoms with E-state index in [9.17, 15) is 8.42 Å². The lowest BCUT2D eigenvalue weighted by Crippen LogP contribution is -2.13. The Balaban J connectivity index is 2.27. The molecule has 7 heteroatoms. The fourth-order valence-corrected chi connectivity index (χ4v) is 2.89. The van der Waals surface area contributed by atoms with E-state index in [4.69, 9.17) is 0 Å². The molecule has 0 fully saturated rings. The molecule has 0 saturated heterocycles. The summed E-state index contributed by atoms with van der Waals surface area (Å²) in [4.78, 5) is 7.55. The molecule has 0 aromatic carbocycles. The monoisotopic (exact) mass is 241 g/mol. The highest BCUT2D eigenvalue weighted by molar-refractivity contribution is 7.94. The van der Waals surface area contributed by atoms with Crippen molar-refractivity contribution in [3.05, 3.63) is 36.0 Å². The van der Waals surface area contributed by atoms with Gasteiger partial charge < -0.3 is 0 Å². The van der Waals surface area contributed by atoms with Crippen molar-refractivity contribution in [1.82, 2.24) is 9.97 Å². The van der Waals surface area contributed by atoms with Crippen molar-refractivity contribution in [1.29, 1.82) is 0 Å². The zero-order chi connectivity index (χ0) is 10.7. The highest BCUT2D eigenvalue weighted by atomic mass is 32.2. The van der Waals surface area contributed by atoms with Gasteiger partial charge in [0.25, 0.3) is 10.0 Å². The maximum atomic E-state index is 11.7. The Morgan fingerprint density at radius 2 is 1.93 bits per heavy atom. The number of nitrogens with zero attached hydrogens (tertiary/aromatic N) is 2. The second kappa shape index (κ2) is 3.95. The van der Waals surface area contributed by atoms with Gasteiger partial charge in [-0.25, -0.2) is 23.1 Å². The number of anilines is 1. The van der Waals surface area contributed by atoms with E-state index in [1.807, 2.05) is 0 Å². The topological polar surface area (TPSA) is 72.0 Å². The molecule has 0 aliphatic carbocycles. The lowest BCUT2D eigenvalue weighted by molar-refractivity contribution is 0.602. The summed E-state index contributed by atoms with van der Waals surface area (Å²) in [5.41, 5.74) is 0. The van der Waals surface area contributed by atoms with Crippen LogP contribution >= 0.6 is 11.3 Å². The average molecular weight is 241 g/mol. The largest absolute Gasteiger partial charge is 0.273 e. The van der Waals surface area contributed by atoms with Crippen LogP contribution in [0.25, 0.3) is 0 Å². The van der Waals surface area contributed by atoms with Gasteiger partial charge >= 0.3 is 0 Å². The molecule has 2 aromatic heterocycles. The molecular weight excluding hydrogens is 234 g/mol. The van der Waals surface area contributed by atoms with Crippen LogP contribution in [0.1, 0.15) is 0 Å². The van der Waals surface area contributed by atoms with Gasteiger partial charge in [-0.05, 0) is 17.5 Å². The molecule has 0 bridgehead atoms. The van der Waals surface area contributed by atoms with Crippen molar-refractivity contribution in [3.63, 3.8) is 0 Å². The number of aromatic nitrogens is 2. The highest BCUT2D eigenvalue weighted by Crippen LogP contribution is 2.17. The van der Waals surface area contributed by atoms with Gasteiger partial charge in [0.15, 0.2) is 0 Å². The van der Waals surface area contributed by atoms with Crippen LogP contribution in [-0.4, -0.2) is 18.4 Å². The quantitative estimate of drug-likeness (QED) is 0.880. The lowest BCUT2D eigenvalue weighted by Gasteiger charge is -2.02. The molecule has 2 rings (SSSR count). The molecule has 0 aliphatic rings. The molecule has 0 amide bonds. The van der Waals surface area contributed by atoms with Crippen molar-refractivity contribution in [3.8, 4) is 0 Å². The molecule has 0 aliphatic heterocycles. The first-order valence-electron chi connectivity index (χ1n) is 4.02. The van der Waals surface area contributed by atoms with Gasteiger partial charge in [-0.15, -0.1) is 11.3 Å². The summed E-state index contributed by atoms with van der Waals surface area (Å²) in [5.74, 6) is 0.0749. The maximum Gasteiger partial charge on any atom is 0.273 e. The minimum atomic E-state index is -3.53. The van der Waals surface area contributed by atoms with Crippen LogP contribution in [0.4, 0.5) is 5.95 Å². The minimum Gasteiger partial charge on any atom is -0.247 e. The first-order chi connectivity index (χ1) is 7.18. The third-order valence-corrected chi connectivity index (χ3v) is 4.28. The molecule has 2 aromatic rings. The van der Waals surface area contributed by atoms with Crippen molar-refractivity contribution >= 4 is 27.3 Å². The number of rotatable bonds is 3. The van der Waals surface area contributed by atoms with E-state index in [1.165, 1.54) is 18.5 Å². The van der Waals surface area contributed by atoms with Gasteiger partial charge in [-0.2, -0.15) is 0 Å². The van der Waals surface area contributed by atoms with Gasteiger partial charge in [-0.3, -0.25) is 0 Å². The summed E-state index contributed by atoms with van der Waals surface area (Å²) in [6.45, 7) is 0. The van der Waals surface area contributed by atoms with Crippen LogP contribution in [0, 0.1) is 0 Å². The molecule has 15 heavy (non-hydrogen) atoms. The smallest absolute Gasteiger partial charge is 0.247 e. The Bertz CT molecular complexity index is 522. The Hall–Kier alpha value is -1.47. The number of hydrogen-bond acceptors (Lipinski definition) is 5. The maximum absolute atomic E-state index is 11.7. The molecule has 78 valence electrons. The lowest BCUT2D eigenvalue weighted by atomic mass is 10.7. The summed E-state index contributed by atoms with van der Waals surface area (Å²) in [6.07, 6.45) is 2.94. The van der Waals surface area contributed by atoms with Crippen LogP contribution in [0.15, 0.2) is 40.2 Å². The first-order valence-corrected chi connectivity index (χ1v) is 6.38. The van der Waals surface area contributed by atoms with E-state index >= 15 is 0 Å². The molecule has 0 atom stereocenters. The van der Waals surface area contributed by atoms with Gasteiger partial charge in [0, 0.05) is 12.4 Å². The van der Waals surface area contributed by atoms with Gasteiger partial charge in [0.2, 0.25) is 5.95 Å². The first kappa shape index (κ1) is 10.1. The number of hydrogen-bond donors (Lipinski definition) is 1. The number of thiophene rings is 1. The van der Waals surface area contributed by atoms with Crippen LogP contribution in [0.3, 0.4) is 0 Å². The van der Waals surface area contributed by atoms with E-state index < -0.39 is 10.0 Å². The zero-order valence-corrected chi connectivity index (χ0v) is 9.12. The summed E-state index contributed by atoms with van der Waals surface area (Å²) in [6, 6.07) is 4.81. The third kappa shape index (κ3) is 2.31. The van der Waals surface area contributed by atoms with E-state index in [0.717, 1.165) is 11.3 Å². The van der Waals surface area contributed by atoms with Crippen LogP contribution < -0.4 is 4.72 Å². The Morgan fingerprint density at radius 1 is 1.20 bits per heavy atom. The molecular formula is C8H7N3O2S2. The molecule has 1 N–H and O–H groups in total. The predicted molar refractivity (Wildman–Crippen MR) is 57.2 cm³/mol. The predicted octanol–water partition coefficient (Wildman–Crippen LogP) is 1.34. The molecule has 5 nitrogen and oxygen atoms in total. The molecule has 0 spiro atoms. The van der Waals surface area contributed by atoms with Crippen molar-refractivity contribution in [2.45, 2.75) is 4.21 Å². The summed E-state index contributed by atoms with van der Waals surface area (Å²) < 4.78 is 25.9. The molecule has 0 saturated carbocycles. The fourth-order valence-electron chi connectivity index (χ4n) is 0.939. The average Bonchev–Trinajstić information content (AvgIpc) is 2.71. The summed E-state index contributed by atoms with van der Waals surface area (Å²) in [7, 11) is -3.53. The molecule has 0 unspecified atom stereocenters. The van der Waals surface area contributed by atoms with Gasteiger partial charge in [0.05, 0.1) is 0 Å². The van der Waals surface area contributed by atoms with Crippen molar-refractivity contribution < 1.29 is 8.42 Å². The minimum absolute atomic E-state index is 0.0749. The van der Waals surface area contributed by atoms with Gasteiger partial charge in [0.1, 0.15) is 4.21 Å². The molecule has 2 heterocycles. The second-order valence-electron chi connectivity index (χ2n) is 2.61. The Labute approximate surface area is 90.9 Å². The standard InChI is InChI=1S/C8H7N3O2S2/c12-15(13,7-3-1-6-14-7)11-8-9-4-2-5-10-8/h1-6H,(H,9,10,11). The molecule has 0 radical (unpaired) electrons. The highest BCUT2D eigenvalue weighted by Gasteiger charge is 2.15. The van der Waals surface area contributed by atoms with Crippen LogP contribution in [0.2, 0.25) is 0 Å². The van der Waals surface area contributed by atoms with Crippen LogP contribution in [0.5, 0.6) is 0 Å². The fraction of sp³-hybridized carbons (Fsp3) is 0. The summed E-state index contributed by atoms with van der Waals surface area (Å²) >= 11 is 1.14. The number of nitrogens with one attached hydrogen (secondary N) is 1. The van der Waals surface area contributed by atoms with Crippen molar-refractivity contribution in [2.24, 2.45) is 0 Å². The normalized spacial score (nSPS) is 11.2. The van der Waals surface area contributed by atoms with E-state index in [-0.39, 0.29) is 10.2 Å². The Kier molecular flexibility index (Phi) is 2.65. The number of sulfonamides is 1. The van der Waals surface area contributed by atoms with Crippen molar-refractivity contribution in [2.75, 3.05) is 4.72 Å². The second-order valence-corrected chi connectivity index (χ2v) is 5.47. The third-order valence-electron chi connectivity index (χ3n) is 1.55. The van der Waals surface area contributed by atoms with Crippen LogP contribution in [-0.2, 0) is 10.0 Å². The van der Waals surface area contributed by atoms with E-state index in [1.54, 1.807) is 17.5 Å². The SMILES string of the molecule is O=S(=O)(Nc1ncccn1)c1cccs1. The van der Waals surface area contributed by atoms with Gasteiger partial charge in [-0.1, -0.05) is 6.07 Å². The van der Waals surface area contributed by atoms with E-state index in [2.05, 4.69) is 14.7 Å². The van der Waals surface area contributed by atoms with E-state index in [0.29, 0.717) is 0 Å². The summed E-state index contributed by atoms with van der Waals surface area (Å²) in [5, 5.41) is 1.69.